The van der Waals surface area contributed by atoms with Crippen molar-refractivity contribution < 1.29 is 4.52 Å². The highest BCUT2D eigenvalue weighted by Gasteiger charge is 2.14. The van der Waals surface area contributed by atoms with Crippen LogP contribution in [0.25, 0.3) is 21.3 Å². The zero-order valence-corrected chi connectivity index (χ0v) is 13.1. The number of nitrogens with zero attached hydrogens (tertiary/aromatic N) is 4. The summed E-state index contributed by atoms with van der Waals surface area (Å²) in [4.78, 5) is 22.1. The maximum absolute atomic E-state index is 12.8. The van der Waals surface area contributed by atoms with Gasteiger partial charge in [-0.1, -0.05) is 35.5 Å². The minimum Gasteiger partial charge on any atom is -0.340 e. The Morgan fingerprint density at radius 2 is 2.09 bits per heavy atom. The van der Waals surface area contributed by atoms with Gasteiger partial charge in [0.05, 0.1) is 18.3 Å². The molecule has 1 aromatic carbocycles. The molecule has 0 bridgehead atoms. The van der Waals surface area contributed by atoms with Crippen LogP contribution in [-0.2, 0) is 6.54 Å². The third kappa shape index (κ3) is 2.44. The molecule has 6 nitrogen and oxygen atoms in total. The van der Waals surface area contributed by atoms with Crippen LogP contribution in [0.15, 0.2) is 51.4 Å². The van der Waals surface area contributed by atoms with Gasteiger partial charge in [0, 0.05) is 17.9 Å². The monoisotopic (exact) mass is 324 g/mol. The van der Waals surface area contributed by atoms with Gasteiger partial charge in [0.2, 0.25) is 5.89 Å². The van der Waals surface area contributed by atoms with Crippen molar-refractivity contribution in [3.63, 3.8) is 0 Å². The normalized spacial score (nSPS) is 11.2. The van der Waals surface area contributed by atoms with Crippen molar-refractivity contribution in [3.05, 3.63) is 64.1 Å². The zero-order chi connectivity index (χ0) is 15.8. The summed E-state index contributed by atoms with van der Waals surface area (Å²) >= 11 is 1.47. The molecule has 4 aromatic rings. The fraction of sp³-hybridized carbons (Fsp3) is 0.125. The molecule has 3 aromatic heterocycles. The first-order valence-electron chi connectivity index (χ1n) is 7.03. The Labute approximate surface area is 135 Å². The number of fused-ring (bicyclic) bond motifs is 1. The quantitative estimate of drug-likeness (QED) is 0.579. The zero-order valence-electron chi connectivity index (χ0n) is 12.3. The Bertz CT molecular complexity index is 1030. The van der Waals surface area contributed by atoms with Gasteiger partial charge < -0.3 is 4.52 Å². The molecule has 0 fully saturated rings. The molecule has 0 radical (unpaired) electrons. The van der Waals surface area contributed by atoms with E-state index >= 15 is 0 Å². The van der Waals surface area contributed by atoms with Crippen molar-refractivity contribution >= 4 is 21.6 Å². The van der Waals surface area contributed by atoms with Crippen molar-refractivity contribution in [2.45, 2.75) is 13.5 Å². The Hall–Kier alpha value is -2.80. The lowest BCUT2D eigenvalue weighted by Gasteiger charge is -2.03. The molecule has 7 heteroatoms. The van der Waals surface area contributed by atoms with Crippen LogP contribution in [0.4, 0.5) is 0 Å². The fourth-order valence-corrected chi connectivity index (χ4v) is 3.37. The highest BCUT2D eigenvalue weighted by atomic mass is 32.1. The van der Waals surface area contributed by atoms with Crippen LogP contribution in [0.5, 0.6) is 0 Å². The summed E-state index contributed by atoms with van der Waals surface area (Å²) in [5.74, 6) is 0.935. The Morgan fingerprint density at radius 3 is 2.83 bits per heavy atom. The highest BCUT2D eigenvalue weighted by molar-refractivity contribution is 7.17. The van der Waals surface area contributed by atoms with Crippen molar-refractivity contribution in [2.75, 3.05) is 0 Å². The lowest BCUT2D eigenvalue weighted by atomic mass is 10.1. The van der Waals surface area contributed by atoms with E-state index in [0.717, 1.165) is 16.0 Å². The first-order valence-corrected chi connectivity index (χ1v) is 7.91. The summed E-state index contributed by atoms with van der Waals surface area (Å²) in [5, 5.41) is 6.43. The number of aromatic nitrogens is 4. The third-order valence-corrected chi connectivity index (χ3v) is 4.41. The minimum atomic E-state index is -0.0995. The van der Waals surface area contributed by atoms with Crippen molar-refractivity contribution in [3.8, 4) is 11.1 Å². The number of aryl methyl sites for hydroxylation is 1. The summed E-state index contributed by atoms with van der Waals surface area (Å²) in [7, 11) is 0. The average molecular weight is 324 g/mol. The molecule has 0 aliphatic rings. The molecule has 0 aliphatic heterocycles. The Morgan fingerprint density at radius 1 is 1.26 bits per heavy atom. The topological polar surface area (TPSA) is 73.8 Å². The predicted molar refractivity (Wildman–Crippen MR) is 87.5 cm³/mol. The standard InChI is InChI=1S/C16H12N4O2S/c1-10-18-13(19-22-10)7-20-9-17-15-14(16(20)21)12(8-23-15)11-5-3-2-4-6-11/h2-6,8-9H,7H2,1H3. The molecule has 114 valence electrons. The predicted octanol–water partition coefficient (Wildman–Crippen LogP) is 2.86. The largest absolute Gasteiger partial charge is 0.340 e. The van der Waals surface area contributed by atoms with Gasteiger partial charge in [0.15, 0.2) is 5.82 Å². The van der Waals surface area contributed by atoms with Crippen LogP contribution < -0.4 is 5.56 Å². The third-order valence-electron chi connectivity index (χ3n) is 3.53. The van der Waals surface area contributed by atoms with Crippen LogP contribution in [0.2, 0.25) is 0 Å². The summed E-state index contributed by atoms with van der Waals surface area (Å²) in [6.45, 7) is 1.95. The van der Waals surface area contributed by atoms with Gasteiger partial charge in [-0.3, -0.25) is 9.36 Å². The number of rotatable bonds is 3. The minimum absolute atomic E-state index is 0.0995. The first kappa shape index (κ1) is 13.8. The van der Waals surface area contributed by atoms with E-state index < -0.39 is 0 Å². The number of hydrogen-bond donors (Lipinski definition) is 0. The van der Waals surface area contributed by atoms with E-state index in [1.165, 1.54) is 22.2 Å². The van der Waals surface area contributed by atoms with E-state index in [2.05, 4.69) is 15.1 Å². The van der Waals surface area contributed by atoms with E-state index in [-0.39, 0.29) is 12.1 Å². The lowest BCUT2D eigenvalue weighted by Crippen LogP contribution is -2.21. The molecule has 0 saturated heterocycles. The molecule has 0 N–H and O–H groups in total. The van der Waals surface area contributed by atoms with E-state index in [4.69, 9.17) is 4.52 Å². The summed E-state index contributed by atoms with van der Waals surface area (Å²) < 4.78 is 6.45. The Balaban J connectivity index is 1.85. The van der Waals surface area contributed by atoms with Crippen molar-refractivity contribution in [1.29, 1.82) is 0 Å². The van der Waals surface area contributed by atoms with Gasteiger partial charge in [0.1, 0.15) is 4.83 Å². The molecular weight excluding hydrogens is 312 g/mol. The Kier molecular flexibility index (Phi) is 3.27. The van der Waals surface area contributed by atoms with Gasteiger partial charge in [-0.15, -0.1) is 11.3 Å². The van der Waals surface area contributed by atoms with Crippen LogP contribution in [0, 0.1) is 6.92 Å². The van der Waals surface area contributed by atoms with E-state index in [9.17, 15) is 4.79 Å². The van der Waals surface area contributed by atoms with E-state index in [1.807, 2.05) is 35.7 Å². The van der Waals surface area contributed by atoms with E-state index in [0.29, 0.717) is 17.1 Å². The van der Waals surface area contributed by atoms with Crippen LogP contribution >= 0.6 is 11.3 Å². The van der Waals surface area contributed by atoms with Gasteiger partial charge in [0.25, 0.3) is 5.56 Å². The first-order chi connectivity index (χ1) is 11.2. The molecule has 0 spiro atoms. The molecule has 0 aliphatic carbocycles. The molecule has 3 heterocycles. The molecule has 0 unspecified atom stereocenters. The molecular formula is C16H12N4O2S. The highest BCUT2D eigenvalue weighted by Crippen LogP contribution is 2.30. The second-order valence-corrected chi connectivity index (χ2v) is 5.96. The lowest BCUT2D eigenvalue weighted by molar-refractivity contribution is 0.386. The van der Waals surface area contributed by atoms with Crippen LogP contribution in [-0.4, -0.2) is 19.7 Å². The number of benzene rings is 1. The maximum Gasteiger partial charge on any atom is 0.263 e. The van der Waals surface area contributed by atoms with Crippen molar-refractivity contribution in [2.24, 2.45) is 0 Å². The molecule has 0 atom stereocenters. The summed E-state index contributed by atoms with van der Waals surface area (Å²) in [5.41, 5.74) is 1.81. The molecule has 23 heavy (non-hydrogen) atoms. The van der Waals surface area contributed by atoms with Gasteiger partial charge >= 0.3 is 0 Å². The molecule has 0 saturated carbocycles. The van der Waals surface area contributed by atoms with Gasteiger partial charge in [-0.25, -0.2) is 4.98 Å². The number of hydrogen-bond acceptors (Lipinski definition) is 6. The summed E-state index contributed by atoms with van der Waals surface area (Å²) in [6.07, 6.45) is 1.53. The number of thiophene rings is 1. The van der Waals surface area contributed by atoms with Crippen LogP contribution in [0.3, 0.4) is 0 Å². The van der Waals surface area contributed by atoms with Gasteiger partial charge in [-0.2, -0.15) is 4.98 Å². The average Bonchev–Trinajstić information content (AvgIpc) is 3.17. The van der Waals surface area contributed by atoms with Gasteiger partial charge in [-0.05, 0) is 5.56 Å². The second kappa shape index (κ2) is 5.44. The summed E-state index contributed by atoms with van der Waals surface area (Å²) in [6, 6.07) is 9.83. The maximum atomic E-state index is 12.8. The molecule has 0 amide bonds. The van der Waals surface area contributed by atoms with E-state index in [1.54, 1.807) is 6.92 Å². The smallest absolute Gasteiger partial charge is 0.263 e. The fourth-order valence-electron chi connectivity index (χ4n) is 2.47. The second-order valence-electron chi connectivity index (χ2n) is 5.10. The van der Waals surface area contributed by atoms with Crippen molar-refractivity contribution in [1.82, 2.24) is 19.7 Å². The molecule has 4 rings (SSSR count). The van der Waals surface area contributed by atoms with Crippen LogP contribution in [0.1, 0.15) is 11.7 Å². The SMILES string of the molecule is Cc1nc(Cn2cnc3scc(-c4ccccc4)c3c2=O)no1.